The summed E-state index contributed by atoms with van der Waals surface area (Å²) in [4.78, 5) is 24.5. The Morgan fingerprint density at radius 1 is 1.10 bits per heavy atom. The highest BCUT2D eigenvalue weighted by atomic mass is 16.1. The lowest BCUT2D eigenvalue weighted by Crippen LogP contribution is -2.37. The third kappa shape index (κ3) is 7.55. The quantitative estimate of drug-likeness (QED) is 0.274. The molecule has 0 saturated carbocycles. The number of rotatable bonds is 12. The number of nitrogens with zero attached hydrogens (tertiary/aromatic N) is 1. The Hall–Kier alpha value is -1.76. The number of carbonyl (C=O) groups excluding carboxylic acids is 2. The van der Waals surface area contributed by atoms with Crippen LogP contribution in [0.1, 0.15) is 10.4 Å². The number of Topliss-reactive ketones (excluding diaryl/α,β-unsaturated/α-hetero) is 1. The van der Waals surface area contributed by atoms with Gasteiger partial charge in [-0.2, -0.15) is 0 Å². The number of amides is 1. The summed E-state index contributed by atoms with van der Waals surface area (Å²) < 4.78 is 0. The van der Waals surface area contributed by atoms with Gasteiger partial charge in [0.05, 0.1) is 6.54 Å². The molecule has 0 aliphatic carbocycles. The third-order valence-electron chi connectivity index (χ3n) is 2.97. The van der Waals surface area contributed by atoms with Crippen molar-refractivity contribution in [1.29, 1.82) is 0 Å². The molecule has 1 amide bonds. The molecule has 0 radical (unpaired) electrons. The minimum Gasteiger partial charge on any atom is -0.336 e. The summed E-state index contributed by atoms with van der Waals surface area (Å²) in [5.74, 6) is -0.0488. The van der Waals surface area contributed by atoms with Crippen molar-refractivity contribution >= 4 is 12.2 Å². The Balaban J connectivity index is 2.20. The Kier molecular flexibility index (Phi) is 9.03. The van der Waals surface area contributed by atoms with Crippen LogP contribution in [0, 0.1) is 0 Å². The summed E-state index contributed by atoms with van der Waals surface area (Å²) >= 11 is 0. The van der Waals surface area contributed by atoms with E-state index in [0.717, 1.165) is 26.0 Å². The highest BCUT2D eigenvalue weighted by Crippen LogP contribution is 2.00. The number of hydrogen-bond acceptors (Lipinski definition) is 5. The van der Waals surface area contributed by atoms with E-state index in [2.05, 4.69) is 10.6 Å². The van der Waals surface area contributed by atoms with Crippen LogP contribution >= 0.6 is 0 Å². The van der Waals surface area contributed by atoms with Crippen LogP contribution in [0.4, 0.5) is 0 Å². The first-order valence-corrected chi connectivity index (χ1v) is 7.17. The first kappa shape index (κ1) is 17.3. The topological polar surface area (TPSA) is 87.5 Å². The Bertz CT molecular complexity index is 411. The second-order valence-corrected chi connectivity index (χ2v) is 4.65. The standard InChI is InChI=1S/C15H24N4O2/c16-6-7-17-8-9-18-10-11-19(13-20)12-15(21)14-4-2-1-3-5-14/h1-5,13,17-18H,6-12,16H2. The number of hydrogen-bond donors (Lipinski definition) is 3. The van der Waals surface area contributed by atoms with Crippen LogP contribution in [0.3, 0.4) is 0 Å². The molecule has 1 rings (SSSR count). The smallest absolute Gasteiger partial charge is 0.210 e. The lowest BCUT2D eigenvalue weighted by Gasteiger charge is -2.17. The normalized spacial score (nSPS) is 10.3. The molecule has 0 bridgehead atoms. The van der Waals surface area contributed by atoms with E-state index in [4.69, 9.17) is 5.73 Å². The fraction of sp³-hybridized carbons (Fsp3) is 0.467. The highest BCUT2D eigenvalue weighted by Gasteiger charge is 2.10. The average Bonchev–Trinajstić information content (AvgIpc) is 2.53. The molecule has 1 aromatic rings. The fourth-order valence-corrected chi connectivity index (χ4v) is 1.82. The van der Waals surface area contributed by atoms with Gasteiger partial charge in [0.15, 0.2) is 5.78 Å². The molecule has 0 aliphatic heterocycles. The molecule has 4 N–H and O–H groups in total. The molecular weight excluding hydrogens is 268 g/mol. The molecule has 0 aromatic heterocycles. The van der Waals surface area contributed by atoms with Crippen molar-refractivity contribution in [2.45, 2.75) is 0 Å². The van der Waals surface area contributed by atoms with Gasteiger partial charge in [0.25, 0.3) is 0 Å². The van der Waals surface area contributed by atoms with Crippen LogP contribution in [0.15, 0.2) is 30.3 Å². The van der Waals surface area contributed by atoms with Crippen molar-refractivity contribution in [2.24, 2.45) is 5.73 Å². The zero-order valence-electron chi connectivity index (χ0n) is 12.3. The molecule has 116 valence electrons. The summed E-state index contributed by atoms with van der Waals surface area (Å²) in [5, 5.41) is 6.37. The summed E-state index contributed by atoms with van der Waals surface area (Å²) in [6, 6.07) is 9.00. The Labute approximate surface area is 125 Å². The van der Waals surface area contributed by atoms with Crippen LogP contribution < -0.4 is 16.4 Å². The van der Waals surface area contributed by atoms with E-state index < -0.39 is 0 Å². The Morgan fingerprint density at radius 2 is 1.76 bits per heavy atom. The van der Waals surface area contributed by atoms with Crippen molar-refractivity contribution in [2.75, 3.05) is 45.8 Å². The highest BCUT2D eigenvalue weighted by molar-refractivity contribution is 5.98. The maximum atomic E-state index is 12.0. The van der Waals surface area contributed by atoms with E-state index in [0.29, 0.717) is 25.2 Å². The molecule has 0 fully saturated rings. The molecule has 0 unspecified atom stereocenters. The molecule has 0 saturated heterocycles. The van der Waals surface area contributed by atoms with Crippen LogP contribution in [-0.2, 0) is 4.79 Å². The molecule has 0 spiro atoms. The maximum absolute atomic E-state index is 12.0. The third-order valence-corrected chi connectivity index (χ3v) is 2.97. The molecule has 0 heterocycles. The largest absolute Gasteiger partial charge is 0.336 e. The maximum Gasteiger partial charge on any atom is 0.210 e. The summed E-state index contributed by atoms with van der Waals surface area (Å²) in [6.45, 7) is 4.35. The molecule has 0 aliphatic rings. The van der Waals surface area contributed by atoms with E-state index in [1.807, 2.05) is 18.2 Å². The SMILES string of the molecule is NCCNCCNCCN(C=O)CC(=O)c1ccccc1. The zero-order chi connectivity index (χ0) is 15.3. The second-order valence-electron chi connectivity index (χ2n) is 4.65. The Morgan fingerprint density at radius 3 is 2.38 bits per heavy atom. The van der Waals surface area contributed by atoms with E-state index >= 15 is 0 Å². The number of nitrogens with one attached hydrogen (secondary N) is 2. The van der Waals surface area contributed by atoms with Gasteiger partial charge < -0.3 is 21.3 Å². The molecule has 0 atom stereocenters. The van der Waals surface area contributed by atoms with E-state index in [1.54, 1.807) is 12.1 Å². The predicted octanol–water partition coefficient (Wildman–Crippen LogP) is -0.534. The van der Waals surface area contributed by atoms with Gasteiger partial charge >= 0.3 is 0 Å². The van der Waals surface area contributed by atoms with E-state index in [-0.39, 0.29) is 12.3 Å². The van der Waals surface area contributed by atoms with Gasteiger partial charge in [-0.3, -0.25) is 9.59 Å². The van der Waals surface area contributed by atoms with E-state index in [1.165, 1.54) is 4.90 Å². The molecule has 6 nitrogen and oxygen atoms in total. The molecule has 1 aromatic carbocycles. The summed E-state index contributed by atoms with van der Waals surface area (Å²) in [6.07, 6.45) is 0.717. The zero-order valence-corrected chi connectivity index (χ0v) is 12.3. The van der Waals surface area contributed by atoms with Crippen LogP contribution in [-0.4, -0.2) is 62.9 Å². The van der Waals surface area contributed by atoms with Crippen LogP contribution in [0.5, 0.6) is 0 Å². The summed E-state index contributed by atoms with van der Waals surface area (Å²) in [5.41, 5.74) is 5.99. The van der Waals surface area contributed by atoms with Gasteiger partial charge in [-0.05, 0) is 0 Å². The summed E-state index contributed by atoms with van der Waals surface area (Å²) in [7, 11) is 0. The average molecular weight is 292 g/mol. The van der Waals surface area contributed by atoms with Gasteiger partial charge in [0.1, 0.15) is 0 Å². The van der Waals surface area contributed by atoms with Gasteiger partial charge in [-0.1, -0.05) is 30.3 Å². The van der Waals surface area contributed by atoms with Gasteiger partial charge in [0, 0.05) is 44.8 Å². The minimum atomic E-state index is -0.0488. The van der Waals surface area contributed by atoms with Crippen molar-refractivity contribution in [3.05, 3.63) is 35.9 Å². The second kappa shape index (κ2) is 11.0. The van der Waals surface area contributed by atoms with Crippen molar-refractivity contribution in [3.8, 4) is 0 Å². The minimum absolute atomic E-state index is 0.0488. The van der Waals surface area contributed by atoms with Crippen LogP contribution in [0.25, 0.3) is 0 Å². The molecule has 21 heavy (non-hydrogen) atoms. The monoisotopic (exact) mass is 292 g/mol. The lowest BCUT2D eigenvalue weighted by atomic mass is 10.1. The van der Waals surface area contributed by atoms with Gasteiger partial charge in [-0.25, -0.2) is 0 Å². The molecular formula is C15H24N4O2. The first-order valence-electron chi connectivity index (χ1n) is 7.17. The number of nitrogens with two attached hydrogens (primary N) is 1. The van der Waals surface area contributed by atoms with Crippen molar-refractivity contribution in [1.82, 2.24) is 15.5 Å². The number of ketones is 1. The van der Waals surface area contributed by atoms with Crippen molar-refractivity contribution in [3.63, 3.8) is 0 Å². The fourth-order valence-electron chi connectivity index (χ4n) is 1.82. The van der Waals surface area contributed by atoms with Crippen LogP contribution in [0.2, 0.25) is 0 Å². The van der Waals surface area contributed by atoms with Gasteiger partial charge in [0.2, 0.25) is 6.41 Å². The van der Waals surface area contributed by atoms with Gasteiger partial charge in [-0.15, -0.1) is 0 Å². The number of carbonyl (C=O) groups is 2. The number of benzene rings is 1. The lowest BCUT2D eigenvalue weighted by molar-refractivity contribution is -0.117. The first-order chi connectivity index (χ1) is 10.3. The van der Waals surface area contributed by atoms with Crippen molar-refractivity contribution < 1.29 is 9.59 Å². The van der Waals surface area contributed by atoms with E-state index in [9.17, 15) is 9.59 Å². The molecule has 6 heteroatoms. The predicted molar refractivity (Wildman–Crippen MR) is 83.2 cm³/mol.